The maximum atomic E-state index is 12.2. The fourth-order valence-electron chi connectivity index (χ4n) is 3.23. The van der Waals surface area contributed by atoms with Crippen molar-refractivity contribution in [2.45, 2.75) is 37.1 Å². The van der Waals surface area contributed by atoms with Crippen LogP contribution in [0.25, 0.3) is 0 Å². The third-order valence-electron chi connectivity index (χ3n) is 4.75. The summed E-state index contributed by atoms with van der Waals surface area (Å²) in [6, 6.07) is 11.0. The summed E-state index contributed by atoms with van der Waals surface area (Å²) in [5, 5.41) is 7.77. The fraction of sp³-hybridized carbons (Fsp3) is 0.300. The summed E-state index contributed by atoms with van der Waals surface area (Å²) in [7, 11) is -3.76. The average Bonchev–Trinajstić information content (AvgIpc) is 3.13. The Labute approximate surface area is 163 Å². The van der Waals surface area contributed by atoms with Gasteiger partial charge < -0.3 is 10.1 Å². The highest BCUT2D eigenvalue weighted by molar-refractivity contribution is 7.89. The molecule has 0 bridgehead atoms. The second-order valence-electron chi connectivity index (χ2n) is 6.82. The van der Waals surface area contributed by atoms with E-state index in [2.05, 4.69) is 5.32 Å². The van der Waals surface area contributed by atoms with E-state index in [0.717, 1.165) is 24.8 Å². The minimum absolute atomic E-state index is 0.00180. The lowest BCUT2D eigenvalue weighted by molar-refractivity contribution is -0.124. The molecule has 0 heterocycles. The van der Waals surface area contributed by atoms with E-state index in [1.165, 1.54) is 17.7 Å². The molecule has 3 N–H and O–H groups in total. The van der Waals surface area contributed by atoms with E-state index >= 15 is 0 Å². The second kappa shape index (κ2) is 8.12. The highest BCUT2D eigenvalue weighted by Crippen LogP contribution is 2.23. The van der Waals surface area contributed by atoms with Crippen LogP contribution in [0.4, 0.5) is 0 Å². The van der Waals surface area contributed by atoms with Gasteiger partial charge in [0, 0.05) is 0 Å². The number of benzene rings is 2. The maximum Gasteiger partial charge on any atom is 0.338 e. The molecule has 2 aromatic carbocycles. The van der Waals surface area contributed by atoms with Crippen LogP contribution >= 0.6 is 0 Å². The molecule has 1 aliphatic carbocycles. The molecule has 0 saturated heterocycles. The van der Waals surface area contributed by atoms with E-state index < -0.39 is 28.5 Å². The number of primary sulfonamides is 1. The zero-order valence-corrected chi connectivity index (χ0v) is 16.3. The number of fused-ring (bicyclic) bond motifs is 1. The lowest BCUT2D eigenvalue weighted by atomic mass is 10.1. The molecule has 1 amide bonds. The first-order valence-corrected chi connectivity index (χ1v) is 10.5. The number of carbonyl (C=O) groups excluding carboxylic acids is 2. The van der Waals surface area contributed by atoms with E-state index in [-0.39, 0.29) is 10.9 Å². The first-order chi connectivity index (χ1) is 13.2. The topological polar surface area (TPSA) is 116 Å². The van der Waals surface area contributed by atoms with Gasteiger partial charge in [0.15, 0.2) is 6.61 Å². The Balaban J connectivity index is 1.53. The highest BCUT2D eigenvalue weighted by atomic mass is 32.2. The molecule has 0 spiro atoms. The number of esters is 1. The monoisotopic (exact) mass is 402 g/mol. The van der Waals surface area contributed by atoms with Crippen LogP contribution in [0.1, 0.15) is 46.4 Å². The Morgan fingerprint density at radius 2 is 1.79 bits per heavy atom. The summed E-state index contributed by atoms with van der Waals surface area (Å²) < 4.78 is 27.7. The van der Waals surface area contributed by atoms with Crippen LogP contribution < -0.4 is 10.5 Å². The molecule has 0 unspecified atom stereocenters. The molecule has 0 fully saturated rings. The quantitative estimate of drug-likeness (QED) is 0.716. The number of rotatable bonds is 6. The number of aryl methyl sites for hydroxylation is 2. The molecule has 0 aliphatic heterocycles. The lowest BCUT2D eigenvalue weighted by Gasteiger charge is -2.15. The van der Waals surface area contributed by atoms with Gasteiger partial charge in [-0.15, -0.1) is 0 Å². The van der Waals surface area contributed by atoms with E-state index in [1.54, 1.807) is 25.1 Å². The van der Waals surface area contributed by atoms with Crippen molar-refractivity contribution in [2.75, 3.05) is 6.61 Å². The van der Waals surface area contributed by atoms with Gasteiger partial charge >= 0.3 is 5.97 Å². The molecule has 1 atom stereocenters. The molecule has 8 heteroatoms. The zero-order valence-electron chi connectivity index (χ0n) is 15.5. The molecular formula is C20H22N2O5S. The van der Waals surface area contributed by atoms with Crippen molar-refractivity contribution in [3.63, 3.8) is 0 Å². The van der Waals surface area contributed by atoms with Gasteiger partial charge in [-0.05, 0) is 67.1 Å². The minimum atomic E-state index is -3.76. The average molecular weight is 402 g/mol. The SMILES string of the molecule is C[C@H](NC(=O)COC(=O)c1ccc2c(c1)CCC2)c1ccc(S(N)(=O)=O)cc1. The van der Waals surface area contributed by atoms with Crippen molar-refractivity contribution in [3.8, 4) is 0 Å². The standard InChI is InChI=1S/C20H22N2O5S/c1-13(14-7-9-18(10-8-14)28(21,25)26)22-19(23)12-27-20(24)17-6-5-15-3-2-4-16(15)11-17/h5-11,13H,2-4,12H2,1H3,(H,22,23)(H2,21,25,26)/t13-/m0/s1. The molecule has 3 rings (SSSR count). The van der Waals surface area contributed by atoms with Crippen LogP contribution in [0, 0.1) is 0 Å². The van der Waals surface area contributed by atoms with Gasteiger partial charge in [-0.2, -0.15) is 0 Å². The van der Waals surface area contributed by atoms with Gasteiger partial charge in [-0.25, -0.2) is 18.4 Å². The summed E-state index contributed by atoms with van der Waals surface area (Å²) in [4.78, 5) is 24.2. The van der Waals surface area contributed by atoms with Gasteiger partial charge in [0.2, 0.25) is 10.0 Å². The Kier molecular flexibility index (Phi) is 5.81. The summed E-state index contributed by atoms with van der Waals surface area (Å²) in [5.41, 5.74) is 3.57. The summed E-state index contributed by atoms with van der Waals surface area (Å²) in [6.45, 7) is 1.35. The van der Waals surface area contributed by atoms with Crippen molar-refractivity contribution < 1.29 is 22.7 Å². The van der Waals surface area contributed by atoms with E-state index in [1.807, 2.05) is 12.1 Å². The number of hydrogen-bond donors (Lipinski definition) is 2. The predicted octanol–water partition coefficient (Wildman–Crippen LogP) is 1.86. The molecule has 0 radical (unpaired) electrons. The van der Waals surface area contributed by atoms with Crippen LogP contribution in [-0.4, -0.2) is 26.9 Å². The first kappa shape index (κ1) is 20.0. The van der Waals surface area contributed by atoms with Crippen molar-refractivity contribution in [3.05, 3.63) is 64.7 Å². The number of sulfonamides is 1. The predicted molar refractivity (Wildman–Crippen MR) is 103 cm³/mol. The van der Waals surface area contributed by atoms with Gasteiger partial charge in [-0.3, -0.25) is 4.79 Å². The fourth-order valence-corrected chi connectivity index (χ4v) is 3.74. The number of amides is 1. The first-order valence-electron chi connectivity index (χ1n) is 8.95. The van der Waals surface area contributed by atoms with Crippen LogP contribution in [0.15, 0.2) is 47.4 Å². The van der Waals surface area contributed by atoms with Gasteiger partial charge in [0.25, 0.3) is 5.91 Å². The number of ether oxygens (including phenoxy) is 1. The Morgan fingerprint density at radius 1 is 1.11 bits per heavy atom. The lowest BCUT2D eigenvalue weighted by Crippen LogP contribution is -2.31. The molecular weight excluding hydrogens is 380 g/mol. The number of hydrogen-bond acceptors (Lipinski definition) is 5. The van der Waals surface area contributed by atoms with Crippen molar-refractivity contribution >= 4 is 21.9 Å². The van der Waals surface area contributed by atoms with Crippen molar-refractivity contribution in [1.82, 2.24) is 5.32 Å². The third-order valence-corrected chi connectivity index (χ3v) is 5.68. The van der Waals surface area contributed by atoms with E-state index in [0.29, 0.717) is 11.1 Å². The van der Waals surface area contributed by atoms with E-state index in [4.69, 9.17) is 9.88 Å². The maximum absolute atomic E-state index is 12.2. The number of nitrogens with two attached hydrogens (primary N) is 1. The third kappa shape index (κ3) is 4.76. The Morgan fingerprint density at radius 3 is 2.46 bits per heavy atom. The normalized spacial score (nSPS) is 14.2. The smallest absolute Gasteiger partial charge is 0.338 e. The molecule has 148 valence electrons. The van der Waals surface area contributed by atoms with Crippen LogP contribution in [0.5, 0.6) is 0 Å². The van der Waals surface area contributed by atoms with Crippen LogP contribution in [0.3, 0.4) is 0 Å². The Bertz CT molecular complexity index is 1000. The van der Waals surface area contributed by atoms with Crippen LogP contribution in [-0.2, 0) is 32.4 Å². The largest absolute Gasteiger partial charge is 0.452 e. The summed E-state index contributed by atoms with van der Waals surface area (Å²) in [6.07, 6.45) is 3.08. The highest BCUT2D eigenvalue weighted by Gasteiger charge is 2.17. The van der Waals surface area contributed by atoms with Crippen molar-refractivity contribution in [2.24, 2.45) is 5.14 Å². The number of carbonyl (C=O) groups is 2. The molecule has 0 aromatic heterocycles. The molecule has 28 heavy (non-hydrogen) atoms. The summed E-state index contributed by atoms with van der Waals surface area (Å²) >= 11 is 0. The van der Waals surface area contributed by atoms with Gasteiger partial charge in [-0.1, -0.05) is 18.2 Å². The molecule has 2 aromatic rings. The van der Waals surface area contributed by atoms with Crippen LogP contribution in [0.2, 0.25) is 0 Å². The second-order valence-corrected chi connectivity index (χ2v) is 8.38. The van der Waals surface area contributed by atoms with Gasteiger partial charge in [0.05, 0.1) is 16.5 Å². The van der Waals surface area contributed by atoms with Gasteiger partial charge in [0.1, 0.15) is 0 Å². The van der Waals surface area contributed by atoms with Crippen molar-refractivity contribution in [1.29, 1.82) is 0 Å². The zero-order chi connectivity index (χ0) is 20.3. The molecule has 1 aliphatic rings. The Hall–Kier alpha value is -2.71. The summed E-state index contributed by atoms with van der Waals surface area (Å²) in [5.74, 6) is -0.979. The van der Waals surface area contributed by atoms with E-state index in [9.17, 15) is 18.0 Å². The molecule has 0 saturated carbocycles. The number of nitrogens with one attached hydrogen (secondary N) is 1. The minimum Gasteiger partial charge on any atom is -0.452 e. The molecule has 7 nitrogen and oxygen atoms in total.